The summed E-state index contributed by atoms with van der Waals surface area (Å²) in [5.74, 6) is -2.05. The van der Waals surface area contributed by atoms with Crippen LogP contribution in [0.4, 0.5) is 5.69 Å². The predicted octanol–water partition coefficient (Wildman–Crippen LogP) is 1.21. The van der Waals surface area contributed by atoms with Crippen LogP contribution in [0, 0.1) is 6.92 Å². The minimum Gasteiger partial charge on any atom is -0.422 e. The number of nitrogens with two attached hydrogens (primary N) is 1. The molecule has 1 aliphatic heterocycles. The zero-order valence-corrected chi connectivity index (χ0v) is 19.6. The van der Waals surface area contributed by atoms with Crippen LogP contribution in [0.25, 0.3) is 11.0 Å². The van der Waals surface area contributed by atoms with Gasteiger partial charge >= 0.3 is 11.6 Å². The van der Waals surface area contributed by atoms with Crippen molar-refractivity contribution < 1.29 is 33.5 Å². The lowest BCUT2D eigenvalue weighted by molar-refractivity contribution is -0.197. The van der Waals surface area contributed by atoms with Gasteiger partial charge in [0.1, 0.15) is 5.58 Å². The molecule has 1 aromatic heterocycles. The highest BCUT2D eigenvalue weighted by molar-refractivity contribution is 6.01. The molecule has 0 bridgehead atoms. The fraction of sp³-hybridized carbons (Fsp3) is 0.458. The number of anilines is 1. The number of imide groups is 1. The van der Waals surface area contributed by atoms with E-state index in [9.17, 15) is 29.1 Å². The van der Waals surface area contributed by atoms with Crippen LogP contribution < -0.4 is 11.4 Å². The number of carbonyl (C=O) groups is 4. The molecule has 0 spiro atoms. The van der Waals surface area contributed by atoms with Crippen LogP contribution in [0.3, 0.4) is 0 Å². The predicted molar refractivity (Wildman–Crippen MR) is 125 cm³/mol. The van der Waals surface area contributed by atoms with Crippen molar-refractivity contribution in [3.8, 4) is 0 Å². The molecule has 35 heavy (non-hydrogen) atoms. The second kappa shape index (κ2) is 11.6. The lowest BCUT2D eigenvalue weighted by Gasteiger charge is -2.22. The van der Waals surface area contributed by atoms with Crippen LogP contribution in [0.1, 0.15) is 49.7 Å². The molecule has 1 aromatic carbocycles. The number of benzene rings is 1. The van der Waals surface area contributed by atoms with Gasteiger partial charge in [0.2, 0.25) is 5.91 Å². The third kappa shape index (κ3) is 6.44. The number of rotatable bonds is 11. The molecular weight excluding hydrogens is 458 g/mol. The number of carbonyl (C=O) groups excluding carboxylic acids is 4. The van der Waals surface area contributed by atoms with Gasteiger partial charge in [-0.15, -0.1) is 5.06 Å². The fourth-order valence-electron chi connectivity index (χ4n) is 3.91. The standard InChI is InChI=1S/C24H29N3O8/c1-15-17-7-6-16(25)13-19(17)34-24(33)18(15)14-22(31)26(11-12-28)10-4-2-3-5-23(32)35-27-20(29)8-9-21(27)30/h6-7,13,28H,2-5,8-12,14,25H2,1H3. The Morgan fingerprint density at radius 2 is 1.83 bits per heavy atom. The lowest BCUT2D eigenvalue weighted by atomic mass is 10.0. The molecule has 11 nitrogen and oxygen atoms in total. The Morgan fingerprint density at radius 1 is 1.11 bits per heavy atom. The van der Waals surface area contributed by atoms with Gasteiger partial charge in [-0.3, -0.25) is 14.4 Å². The van der Waals surface area contributed by atoms with E-state index in [0.29, 0.717) is 53.1 Å². The normalized spacial score (nSPS) is 13.5. The van der Waals surface area contributed by atoms with Gasteiger partial charge in [0.05, 0.1) is 18.6 Å². The highest BCUT2D eigenvalue weighted by Crippen LogP contribution is 2.22. The molecule has 2 aromatic rings. The SMILES string of the molecule is Cc1c(CC(=O)N(CCO)CCCCCC(=O)ON2C(=O)CCC2=O)c(=O)oc2cc(N)ccc12. The van der Waals surface area contributed by atoms with Crippen molar-refractivity contribution in [3.05, 3.63) is 39.7 Å². The van der Waals surface area contributed by atoms with Gasteiger partial charge < -0.3 is 25.0 Å². The van der Waals surface area contributed by atoms with Gasteiger partial charge in [-0.2, -0.15) is 0 Å². The number of fused-ring (bicyclic) bond motifs is 1. The molecule has 0 atom stereocenters. The first-order chi connectivity index (χ1) is 16.7. The van der Waals surface area contributed by atoms with E-state index in [4.69, 9.17) is 15.0 Å². The summed E-state index contributed by atoms with van der Waals surface area (Å²) in [4.78, 5) is 66.5. The molecule has 0 radical (unpaired) electrons. The fourth-order valence-corrected chi connectivity index (χ4v) is 3.91. The zero-order valence-electron chi connectivity index (χ0n) is 19.6. The second-order valence-corrected chi connectivity index (χ2v) is 8.39. The Hall–Kier alpha value is -3.73. The summed E-state index contributed by atoms with van der Waals surface area (Å²) in [6.07, 6.45) is 1.49. The van der Waals surface area contributed by atoms with Gasteiger partial charge in [-0.1, -0.05) is 6.42 Å². The van der Waals surface area contributed by atoms with Gasteiger partial charge in [0.25, 0.3) is 11.8 Å². The Bertz CT molecular complexity index is 1170. The third-order valence-corrected chi connectivity index (χ3v) is 5.87. The maximum absolute atomic E-state index is 12.9. The summed E-state index contributed by atoms with van der Waals surface area (Å²) in [6, 6.07) is 4.99. The molecular formula is C24H29N3O8. The molecule has 0 unspecified atom stereocenters. The molecule has 3 N–H and O–H groups in total. The number of hydrogen-bond donors (Lipinski definition) is 2. The van der Waals surface area contributed by atoms with Crippen molar-refractivity contribution in [1.29, 1.82) is 0 Å². The molecule has 1 aliphatic rings. The summed E-state index contributed by atoms with van der Waals surface area (Å²) in [5, 5.41) is 10.6. The molecule has 3 amide bonds. The lowest BCUT2D eigenvalue weighted by Crippen LogP contribution is -2.36. The van der Waals surface area contributed by atoms with E-state index in [0.717, 1.165) is 0 Å². The third-order valence-electron chi connectivity index (χ3n) is 5.87. The van der Waals surface area contributed by atoms with Crippen LogP contribution in [0.5, 0.6) is 0 Å². The smallest absolute Gasteiger partial charge is 0.340 e. The molecule has 0 saturated carbocycles. The highest BCUT2D eigenvalue weighted by Gasteiger charge is 2.32. The largest absolute Gasteiger partial charge is 0.422 e. The first kappa shape index (κ1) is 25.9. The first-order valence-electron chi connectivity index (χ1n) is 11.5. The molecule has 1 saturated heterocycles. The summed E-state index contributed by atoms with van der Waals surface area (Å²) >= 11 is 0. The monoisotopic (exact) mass is 487 g/mol. The van der Waals surface area contributed by atoms with Crippen LogP contribution in [0.15, 0.2) is 27.4 Å². The van der Waals surface area contributed by atoms with E-state index in [2.05, 4.69) is 0 Å². The first-order valence-corrected chi connectivity index (χ1v) is 11.5. The average Bonchev–Trinajstić information content (AvgIpc) is 3.12. The van der Waals surface area contributed by atoms with Crippen LogP contribution in [0.2, 0.25) is 0 Å². The number of aryl methyl sites for hydroxylation is 1. The average molecular weight is 488 g/mol. The number of nitrogens with zero attached hydrogens (tertiary/aromatic N) is 2. The molecule has 11 heteroatoms. The second-order valence-electron chi connectivity index (χ2n) is 8.39. The van der Waals surface area contributed by atoms with Gasteiger partial charge in [0, 0.05) is 49.5 Å². The van der Waals surface area contributed by atoms with Crippen LogP contribution >= 0.6 is 0 Å². The van der Waals surface area contributed by atoms with Crippen molar-refractivity contribution in [1.82, 2.24) is 9.96 Å². The molecule has 3 rings (SSSR count). The summed E-state index contributed by atoms with van der Waals surface area (Å²) in [7, 11) is 0. The van der Waals surface area contributed by atoms with Crippen LogP contribution in [-0.2, 0) is 30.4 Å². The van der Waals surface area contributed by atoms with Crippen molar-refractivity contribution in [2.24, 2.45) is 0 Å². The van der Waals surface area contributed by atoms with E-state index >= 15 is 0 Å². The topological polar surface area (TPSA) is 160 Å². The Morgan fingerprint density at radius 3 is 2.51 bits per heavy atom. The number of aliphatic hydroxyl groups is 1. The summed E-state index contributed by atoms with van der Waals surface area (Å²) in [5.41, 5.74) is 6.85. The number of hydroxylamine groups is 2. The summed E-state index contributed by atoms with van der Waals surface area (Å²) in [6.45, 7) is 1.94. The minimum atomic E-state index is -0.669. The van der Waals surface area contributed by atoms with E-state index in [-0.39, 0.29) is 50.3 Å². The quantitative estimate of drug-likeness (QED) is 0.205. The van der Waals surface area contributed by atoms with E-state index in [1.807, 2.05) is 0 Å². The summed E-state index contributed by atoms with van der Waals surface area (Å²) < 4.78 is 5.35. The van der Waals surface area contributed by atoms with Gasteiger partial charge in [0.15, 0.2) is 0 Å². The number of aliphatic hydroxyl groups excluding tert-OH is 1. The number of nitrogen functional groups attached to an aromatic ring is 1. The highest BCUT2D eigenvalue weighted by atomic mass is 16.7. The number of amides is 3. The Balaban J connectivity index is 1.51. The van der Waals surface area contributed by atoms with Crippen molar-refractivity contribution in [2.45, 2.75) is 51.9 Å². The van der Waals surface area contributed by atoms with Crippen molar-refractivity contribution >= 4 is 40.3 Å². The molecule has 188 valence electrons. The van der Waals surface area contributed by atoms with Gasteiger partial charge in [-0.05, 0) is 37.5 Å². The van der Waals surface area contributed by atoms with E-state index in [1.54, 1.807) is 25.1 Å². The van der Waals surface area contributed by atoms with Crippen molar-refractivity contribution in [3.63, 3.8) is 0 Å². The molecule has 1 fully saturated rings. The van der Waals surface area contributed by atoms with Crippen LogP contribution in [-0.4, -0.2) is 58.5 Å². The van der Waals surface area contributed by atoms with Gasteiger partial charge in [-0.25, -0.2) is 9.59 Å². The maximum Gasteiger partial charge on any atom is 0.340 e. The molecule has 2 heterocycles. The molecule has 0 aliphatic carbocycles. The number of unbranched alkanes of at least 4 members (excludes halogenated alkanes) is 2. The van der Waals surface area contributed by atoms with E-state index < -0.39 is 23.4 Å². The minimum absolute atomic E-state index is 0.0207. The maximum atomic E-state index is 12.9. The Kier molecular flexibility index (Phi) is 8.58. The van der Waals surface area contributed by atoms with Crippen molar-refractivity contribution in [2.75, 3.05) is 25.4 Å². The zero-order chi connectivity index (χ0) is 25.5. The number of hydrogen-bond acceptors (Lipinski definition) is 9. The van der Waals surface area contributed by atoms with E-state index in [1.165, 1.54) is 4.90 Å². The Labute approximate surface area is 201 Å².